The molecule has 0 spiro atoms. The number of aliphatic hydroxyl groups excluding tert-OH is 1. The molecule has 0 saturated carbocycles. The van der Waals surface area contributed by atoms with Crippen LogP contribution in [0.2, 0.25) is 10.0 Å². The van der Waals surface area contributed by atoms with Gasteiger partial charge in [0.05, 0.1) is 11.0 Å². The molecule has 2 rings (SSSR count). The number of hydrogen-bond donors (Lipinski definition) is 2. The van der Waals surface area contributed by atoms with Crippen molar-refractivity contribution in [1.29, 1.82) is 0 Å². The third-order valence-electron chi connectivity index (χ3n) is 3.34. The van der Waals surface area contributed by atoms with Crippen molar-refractivity contribution >= 4 is 34.7 Å². The van der Waals surface area contributed by atoms with E-state index in [4.69, 9.17) is 23.2 Å². The van der Waals surface area contributed by atoms with Crippen LogP contribution in [0.25, 0.3) is 0 Å². The highest BCUT2D eigenvalue weighted by molar-refractivity contribution is 6.34. The summed E-state index contributed by atoms with van der Waals surface area (Å²) in [6.07, 6.45) is -0.482. The first-order chi connectivity index (χ1) is 10.8. The summed E-state index contributed by atoms with van der Waals surface area (Å²) < 4.78 is 1.40. The number of benzene rings is 1. The number of nitro groups is 1. The van der Waals surface area contributed by atoms with Gasteiger partial charge in [-0.3, -0.25) is 10.1 Å². The Labute approximate surface area is 143 Å². The van der Waals surface area contributed by atoms with Gasteiger partial charge < -0.3 is 10.4 Å². The van der Waals surface area contributed by atoms with Gasteiger partial charge in [-0.15, -0.1) is 0 Å². The van der Waals surface area contributed by atoms with Crippen molar-refractivity contribution in [2.45, 2.75) is 19.4 Å². The third-order valence-corrected chi connectivity index (χ3v) is 3.78. The molecule has 23 heavy (non-hydrogen) atoms. The van der Waals surface area contributed by atoms with Crippen molar-refractivity contribution in [3.05, 3.63) is 49.6 Å². The molecular formula is C14H16Cl2N4O3. The molecular weight excluding hydrogens is 343 g/mol. The maximum atomic E-state index is 11.2. The van der Waals surface area contributed by atoms with Gasteiger partial charge in [0.25, 0.3) is 0 Å². The summed E-state index contributed by atoms with van der Waals surface area (Å²) in [5.41, 5.74) is 0.835. The smallest absolute Gasteiger partial charge is 0.333 e. The van der Waals surface area contributed by atoms with Crippen LogP contribution in [0.3, 0.4) is 0 Å². The monoisotopic (exact) mass is 358 g/mol. The SMILES string of the molecule is CCc1nn(C)c(NC[C@@H](O)c2cc(Cl)cc(Cl)c2)c1[N+](=O)[O-]. The normalized spacial score (nSPS) is 12.2. The van der Waals surface area contributed by atoms with Crippen molar-refractivity contribution in [3.8, 4) is 0 Å². The zero-order chi connectivity index (χ0) is 17.1. The summed E-state index contributed by atoms with van der Waals surface area (Å²) in [6.45, 7) is 1.85. The minimum atomic E-state index is -0.925. The van der Waals surface area contributed by atoms with Gasteiger partial charge in [0.2, 0.25) is 5.82 Å². The molecule has 0 saturated heterocycles. The van der Waals surface area contributed by atoms with E-state index in [0.29, 0.717) is 27.7 Å². The second-order valence-electron chi connectivity index (χ2n) is 4.98. The van der Waals surface area contributed by atoms with Crippen LogP contribution in [0, 0.1) is 10.1 Å². The summed E-state index contributed by atoms with van der Waals surface area (Å²) in [6, 6.07) is 4.75. The lowest BCUT2D eigenvalue weighted by Crippen LogP contribution is -2.15. The molecule has 7 nitrogen and oxygen atoms in total. The summed E-state index contributed by atoms with van der Waals surface area (Å²) >= 11 is 11.8. The van der Waals surface area contributed by atoms with Crippen LogP contribution in [0.5, 0.6) is 0 Å². The predicted molar refractivity (Wildman–Crippen MR) is 89.2 cm³/mol. The van der Waals surface area contributed by atoms with E-state index in [2.05, 4.69) is 10.4 Å². The predicted octanol–water partition coefficient (Wildman–Crippen LogP) is 3.34. The lowest BCUT2D eigenvalue weighted by molar-refractivity contribution is -0.384. The first-order valence-corrected chi connectivity index (χ1v) is 7.67. The molecule has 0 bridgehead atoms. The molecule has 2 N–H and O–H groups in total. The van der Waals surface area contributed by atoms with Crippen molar-refractivity contribution in [2.24, 2.45) is 7.05 Å². The Balaban J connectivity index is 2.20. The Morgan fingerprint density at radius 3 is 2.52 bits per heavy atom. The molecule has 0 amide bonds. The van der Waals surface area contributed by atoms with Gasteiger partial charge in [0.15, 0.2) is 0 Å². The zero-order valence-electron chi connectivity index (χ0n) is 12.6. The fourth-order valence-corrected chi connectivity index (χ4v) is 2.82. The first-order valence-electron chi connectivity index (χ1n) is 6.91. The Bertz CT molecular complexity index is 713. The minimum Gasteiger partial charge on any atom is -0.387 e. The number of hydrogen-bond acceptors (Lipinski definition) is 5. The van der Waals surface area contributed by atoms with Crippen LogP contribution in [-0.4, -0.2) is 26.4 Å². The molecule has 124 valence electrons. The van der Waals surface area contributed by atoms with Gasteiger partial charge in [-0.25, -0.2) is 4.68 Å². The fraction of sp³-hybridized carbons (Fsp3) is 0.357. The van der Waals surface area contributed by atoms with Crippen LogP contribution < -0.4 is 5.32 Å². The van der Waals surface area contributed by atoms with E-state index >= 15 is 0 Å². The maximum Gasteiger partial charge on any atom is 0.333 e. The van der Waals surface area contributed by atoms with Crippen molar-refractivity contribution in [2.75, 3.05) is 11.9 Å². The van der Waals surface area contributed by atoms with Crippen molar-refractivity contribution in [3.63, 3.8) is 0 Å². The summed E-state index contributed by atoms with van der Waals surface area (Å²) in [5, 5.41) is 29.3. The summed E-state index contributed by atoms with van der Waals surface area (Å²) in [7, 11) is 1.61. The molecule has 0 aliphatic carbocycles. The Hall–Kier alpha value is -1.83. The highest BCUT2D eigenvalue weighted by Crippen LogP contribution is 2.29. The van der Waals surface area contributed by atoms with E-state index in [1.807, 2.05) is 0 Å². The molecule has 1 aromatic carbocycles. The van der Waals surface area contributed by atoms with Crippen LogP contribution in [0.15, 0.2) is 18.2 Å². The van der Waals surface area contributed by atoms with Gasteiger partial charge in [-0.2, -0.15) is 5.10 Å². The number of nitrogens with one attached hydrogen (secondary N) is 1. The van der Waals surface area contributed by atoms with Crippen LogP contribution in [0.4, 0.5) is 11.5 Å². The first kappa shape index (κ1) is 17.5. The van der Waals surface area contributed by atoms with Crippen LogP contribution in [0.1, 0.15) is 24.3 Å². The summed E-state index contributed by atoms with van der Waals surface area (Å²) in [4.78, 5) is 10.8. The van der Waals surface area contributed by atoms with E-state index < -0.39 is 11.0 Å². The van der Waals surface area contributed by atoms with Crippen LogP contribution in [-0.2, 0) is 13.5 Å². The average molecular weight is 359 g/mol. The van der Waals surface area contributed by atoms with E-state index in [1.54, 1.807) is 32.2 Å². The number of rotatable bonds is 6. The Morgan fingerprint density at radius 1 is 1.39 bits per heavy atom. The fourth-order valence-electron chi connectivity index (χ4n) is 2.28. The second kappa shape index (κ2) is 7.16. The highest BCUT2D eigenvalue weighted by atomic mass is 35.5. The van der Waals surface area contributed by atoms with E-state index in [-0.39, 0.29) is 18.1 Å². The molecule has 0 unspecified atom stereocenters. The molecule has 0 radical (unpaired) electrons. The van der Waals surface area contributed by atoms with E-state index in [9.17, 15) is 15.2 Å². The molecule has 0 aliphatic heterocycles. The number of aliphatic hydroxyl groups is 1. The average Bonchev–Trinajstić information content (AvgIpc) is 2.79. The quantitative estimate of drug-likeness (QED) is 0.610. The Morgan fingerprint density at radius 2 is 2.00 bits per heavy atom. The standard InChI is InChI=1S/C14H16Cl2N4O3/c1-3-11-13(20(22)23)14(19(2)18-11)17-7-12(21)8-4-9(15)6-10(16)5-8/h4-6,12,17,21H,3,7H2,1-2H3/t12-/m1/s1. The number of halogens is 2. The van der Waals surface area contributed by atoms with E-state index in [1.165, 1.54) is 4.68 Å². The number of anilines is 1. The topological polar surface area (TPSA) is 93.2 Å². The minimum absolute atomic E-state index is 0.0558. The van der Waals surface area contributed by atoms with E-state index in [0.717, 1.165) is 0 Å². The lowest BCUT2D eigenvalue weighted by atomic mass is 10.1. The maximum absolute atomic E-state index is 11.2. The molecule has 9 heteroatoms. The lowest BCUT2D eigenvalue weighted by Gasteiger charge is -2.13. The van der Waals surface area contributed by atoms with Gasteiger partial charge in [-0.1, -0.05) is 30.1 Å². The second-order valence-corrected chi connectivity index (χ2v) is 5.85. The largest absolute Gasteiger partial charge is 0.387 e. The molecule has 0 aliphatic rings. The molecule has 1 atom stereocenters. The van der Waals surface area contributed by atoms with Gasteiger partial charge in [-0.05, 0) is 30.2 Å². The summed E-state index contributed by atoms with van der Waals surface area (Å²) in [5.74, 6) is 0.249. The van der Waals surface area contributed by atoms with Gasteiger partial charge in [0, 0.05) is 23.6 Å². The van der Waals surface area contributed by atoms with Crippen molar-refractivity contribution in [1.82, 2.24) is 9.78 Å². The molecule has 1 heterocycles. The zero-order valence-corrected chi connectivity index (χ0v) is 14.1. The van der Waals surface area contributed by atoms with Gasteiger partial charge >= 0.3 is 5.69 Å². The Kier molecular flexibility index (Phi) is 5.46. The number of nitrogens with zero attached hydrogens (tertiary/aromatic N) is 3. The number of aromatic nitrogens is 2. The van der Waals surface area contributed by atoms with Crippen LogP contribution >= 0.6 is 23.2 Å². The molecule has 2 aromatic rings. The highest BCUT2D eigenvalue weighted by Gasteiger charge is 2.26. The molecule has 1 aromatic heterocycles. The third kappa shape index (κ3) is 3.93. The number of aryl methyl sites for hydroxylation is 2. The van der Waals surface area contributed by atoms with Gasteiger partial charge in [0.1, 0.15) is 5.69 Å². The molecule has 0 fully saturated rings. The van der Waals surface area contributed by atoms with Crippen molar-refractivity contribution < 1.29 is 10.0 Å².